The smallest absolute Gasteiger partial charge is 0.481 e. The molecule has 2 aromatic heterocycles. The molecule has 2 amide bonds. The molecule has 362 valence electrons. The molecule has 0 radical (unpaired) electrons. The summed E-state index contributed by atoms with van der Waals surface area (Å²) >= 11 is 0.922. The predicted molar refractivity (Wildman–Crippen MR) is 222 cm³/mol. The summed E-state index contributed by atoms with van der Waals surface area (Å²) in [6, 6.07) is 0. The van der Waals surface area contributed by atoms with E-state index < -0.39 is 96.6 Å². The molecule has 31 heteroatoms. The normalized spacial score (nSPS) is 21.0. The molecule has 8 atom stereocenters. The van der Waals surface area contributed by atoms with Crippen LogP contribution in [0.3, 0.4) is 0 Å². The summed E-state index contributed by atoms with van der Waals surface area (Å²) in [4.78, 5) is 98.5. The average molecular weight is 994 g/mol. The quantitative estimate of drug-likeness (QED) is 0.0298. The number of rotatable bonds is 29. The molecule has 8 unspecified atom stereocenters. The third kappa shape index (κ3) is 18.9. The molecule has 0 aromatic carbocycles. The Morgan fingerprint density at radius 2 is 1.69 bits per heavy atom. The standard InChI is InChI=1S/C33H54N7O20P3S/c1-33(2,28(47)31(48)36-12-11-22(42)35-13-14-64-24(45)15-20(41)9-7-5-3-4-6-8-10-23(43)44)17-57-63(54,55)60-62(52,53)56-16-21-27(59-61(49,50)51)26(46)32(58-21)40-19-39-25-29(34)37-18-38-30(25)40/h5,7,18-21,26-28,32,41,46-47H,3-4,6,8-17H2,1-2H3,(H,35,42)(H,36,48)(H,43,44)(H,52,53)(H,54,55)(H2,34,37,38)(H2,49,50,51)/b7-5+. The lowest BCUT2D eigenvalue weighted by Gasteiger charge is -2.30. The van der Waals surface area contributed by atoms with E-state index in [0.29, 0.717) is 6.42 Å². The highest BCUT2D eigenvalue weighted by Gasteiger charge is 2.50. The summed E-state index contributed by atoms with van der Waals surface area (Å²) in [5.41, 5.74) is 4.21. The summed E-state index contributed by atoms with van der Waals surface area (Å²) in [5.74, 6) is -2.18. The van der Waals surface area contributed by atoms with Crippen molar-refractivity contribution < 1.29 is 95.5 Å². The lowest BCUT2D eigenvalue weighted by Crippen LogP contribution is -2.46. The predicted octanol–water partition coefficient (Wildman–Crippen LogP) is 0.397. The first-order valence-electron chi connectivity index (χ1n) is 19.4. The first-order valence-corrected chi connectivity index (χ1v) is 24.9. The van der Waals surface area contributed by atoms with E-state index in [1.165, 1.54) is 13.8 Å². The third-order valence-electron chi connectivity index (χ3n) is 9.00. The Morgan fingerprint density at radius 3 is 2.38 bits per heavy atom. The van der Waals surface area contributed by atoms with Gasteiger partial charge in [0.1, 0.15) is 36.3 Å². The molecule has 0 aliphatic carbocycles. The largest absolute Gasteiger partial charge is 0.481 e. The van der Waals surface area contributed by atoms with E-state index >= 15 is 0 Å². The van der Waals surface area contributed by atoms with Crippen LogP contribution >= 0.6 is 35.2 Å². The number of hydrogen-bond donors (Lipinski definition) is 11. The first-order chi connectivity index (χ1) is 29.8. The highest BCUT2D eigenvalue weighted by Crippen LogP contribution is 2.61. The summed E-state index contributed by atoms with van der Waals surface area (Å²) < 4.78 is 62.2. The maximum Gasteiger partial charge on any atom is 0.481 e. The monoisotopic (exact) mass is 993 g/mol. The van der Waals surface area contributed by atoms with Gasteiger partial charge in [-0.15, -0.1) is 0 Å². The second-order valence-electron chi connectivity index (χ2n) is 14.8. The van der Waals surface area contributed by atoms with Crippen molar-refractivity contribution in [3.05, 3.63) is 24.8 Å². The van der Waals surface area contributed by atoms with E-state index in [1.807, 2.05) is 6.08 Å². The van der Waals surface area contributed by atoms with Crippen LogP contribution in [-0.4, -0.2) is 145 Å². The number of thioether (sulfide) groups is 1. The molecular weight excluding hydrogens is 939 g/mol. The molecule has 12 N–H and O–H groups in total. The molecular formula is C33H54N7O20P3S. The van der Waals surface area contributed by atoms with Crippen LogP contribution in [0, 0.1) is 5.41 Å². The van der Waals surface area contributed by atoms with E-state index in [0.717, 1.165) is 48.2 Å². The number of carboxylic acids is 1. The van der Waals surface area contributed by atoms with Crippen molar-refractivity contribution >= 4 is 75.1 Å². The number of fused-ring (bicyclic) bond motifs is 1. The average Bonchev–Trinajstić information content (AvgIpc) is 3.75. The number of carbonyl (C=O) groups excluding carboxylic acids is 3. The van der Waals surface area contributed by atoms with Gasteiger partial charge < -0.3 is 61.1 Å². The number of nitrogens with one attached hydrogen (secondary N) is 2. The number of nitrogen functional groups attached to an aromatic ring is 1. The van der Waals surface area contributed by atoms with Gasteiger partial charge in [-0.25, -0.2) is 28.6 Å². The number of amides is 2. The number of allylic oxidation sites excluding steroid dienone is 1. The first kappa shape index (κ1) is 55.1. The van der Waals surface area contributed by atoms with Crippen LogP contribution in [0.25, 0.3) is 11.2 Å². The lowest BCUT2D eigenvalue weighted by molar-refractivity contribution is -0.137. The van der Waals surface area contributed by atoms with Crippen LogP contribution in [0.5, 0.6) is 0 Å². The maximum atomic E-state index is 12.7. The van der Waals surface area contributed by atoms with Crippen LogP contribution < -0.4 is 16.4 Å². The number of carboxylic acid groups (broad SMARTS) is 1. The Hall–Kier alpha value is -3.27. The van der Waals surface area contributed by atoms with Gasteiger partial charge in [-0.05, 0) is 25.7 Å². The van der Waals surface area contributed by atoms with Gasteiger partial charge in [0.05, 0.1) is 25.6 Å². The number of aliphatic hydroxyl groups excluding tert-OH is 3. The van der Waals surface area contributed by atoms with Crippen LogP contribution in [-0.2, 0) is 55.5 Å². The van der Waals surface area contributed by atoms with Gasteiger partial charge in [0, 0.05) is 43.5 Å². The number of aliphatic hydroxyl groups is 3. The molecule has 0 saturated carbocycles. The minimum atomic E-state index is -5.60. The molecule has 1 fully saturated rings. The highest BCUT2D eigenvalue weighted by atomic mass is 32.2. The lowest BCUT2D eigenvalue weighted by atomic mass is 9.87. The second kappa shape index (κ2) is 25.0. The number of phosphoric ester groups is 3. The van der Waals surface area contributed by atoms with Crippen molar-refractivity contribution in [2.75, 3.05) is 37.8 Å². The van der Waals surface area contributed by atoms with Crippen molar-refractivity contribution in [3.8, 4) is 0 Å². The number of phosphoric acid groups is 3. The molecule has 0 bridgehead atoms. The van der Waals surface area contributed by atoms with Crippen molar-refractivity contribution in [3.63, 3.8) is 0 Å². The summed E-state index contributed by atoms with van der Waals surface area (Å²) in [5, 5.41) is 44.8. The Balaban J connectivity index is 1.38. The number of anilines is 1. The van der Waals surface area contributed by atoms with E-state index in [4.69, 9.17) is 24.6 Å². The zero-order valence-electron chi connectivity index (χ0n) is 34.6. The second-order valence-corrected chi connectivity index (χ2v) is 20.2. The van der Waals surface area contributed by atoms with Crippen molar-refractivity contribution in [2.24, 2.45) is 5.41 Å². The number of hydrogen-bond acceptors (Lipinski definition) is 20. The van der Waals surface area contributed by atoms with Gasteiger partial charge in [0.15, 0.2) is 22.8 Å². The zero-order valence-corrected chi connectivity index (χ0v) is 38.1. The molecule has 1 aliphatic heterocycles. The number of aromatic nitrogens is 4. The number of nitrogens with two attached hydrogens (primary N) is 1. The van der Waals surface area contributed by atoms with E-state index in [2.05, 4.69) is 34.4 Å². The Kier molecular flexibility index (Phi) is 21.5. The van der Waals surface area contributed by atoms with Crippen molar-refractivity contribution in [1.29, 1.82) is 0 Å². The Labute approximate surface area is 369 Å². The van der Waals surface area contributed by atoms with Crippen LogP contribution in [0.4, 0.5) is 5.82 Å². The van der Waals surface area contributed by atoms with Crippen LogP contribution in [0.15, 0.2) is 24.8 Å². The molecule has 1 aliphatic rings. The molecule has 1 saturated heterocycles. The SMILES string of the molecule is CC(C)(COP(=O)(O)OP(=O)(O)OCC1OC(n2cnc3c(N)ncnc32)C(O)C1OP(=O)(O)O)C(O)C(=O)NCCC(=O)NCCSC(=O)CC(O)C/C=C/CCCCCC(=O)O. The number of ether oxygens (including phenoxy) is 1. The topological polar surface area (TPSA) is 421 Å². The van der Waals surface area contributed by atoms with Crippen LogP contribution in [0.2, 0.25) is 0 Å². The van der Waals surface area contributed by atoms with Gasteiger partial charge in [-0.1, -0.05) is 44.2 Å². The van der Waals surface area contributed by atoms with Crippen molar-refractivity contribution in [2.45, 2.75) is 102 Å². The fourth-order valence-electron chi connectivity index (χ4n) is 5.72. The maximum absolute atomic E-state index is 12.7. The third-order valence-corrected chi connectivity index (χ3v) is 13.0. The minimum Gasteiger partial charge on any atom is -0.481 e. The van der Waals surface area contributed by atoms with Gasteiger partial charge in [-0.2, -0.15) is 4.31 Å². The number of carbonyl (C=O) groups is 4. The van der Waals surface area contributed by atoms with E-state index in [-0.39, 0.29) is 66.6 Å². The molecule has 64 heavy (non-hydrogen) atoms. The number of unbranched alkanes of at least 4 members (excludes halogenated alkanes) is 3. The molecule has 3 heterocycles. The van der Waals surface area contributed by atoms with Gasteiger partial charge in [0.2, 0.25) is 11.8 Å². The fourth-order valence-corrected chi connectivity index (χ4v) is 9.29. The Morgan fingerprint density at radius 1 is 0.984 bits per heavy atom. The van der Waals surface area contributed by atoms with Crippen molar-refractivity contribution in [1.82, 2.24) is 30.2 Å². The fraction of sp³-hybridized carbons (Fsp3) is 0.667. The van der Waals surface area contributed by atoms with E-state index in [9.17, 15) is 67.8 Å². The van der Waals surface area contributed by atoms with Gasteiger partial charge in [0.25, 0.3) is 0 Å². The Bertz CT molecular complexity index is 2070. The molecule has 2 aromatic rings. The minimum absolute atomic E-state index is 0.0191. The molecule has 27 nitrogen and oxygen atoms in total. The molecule has 0 spiro atoms. The zero-order chi connectivity index (χ0) is 47.9. The van der Waals surface area contributed by atoms with Crippen LogP contribution in [0.1, 0.15) is 71.4 Å². The summed E-state index contributed by atoms with van der Waals surface area (Å²) in [6.07, 6.45) is -1.09. The number of aliphatic carboxylic acids is 1. The van der Waals surface area contributed by atoms with Gasteiger partial charge in [-0.3, -0.25) is 37.3 Å². The summed E-state index contributed by atoms with van der Waals surface area (Å²) in [6.45, 7) is 0.249. The number of nitrogens with zero attached hydrogens (tertiary/aromatic N) is 4. The highest BCUT2D eigenvalue weighted by molar-refractivity contribution is 8.13. The van der Waals surface area contributed by atoms with E-state index in [1.54, 1.807) is 6.08 Å². The molecule has 3 rings (SSSR count). The van der Waals surface area contributed by atoms with Gasteiger partial charge >= 0.3 is 29.4 Å². The summed E-state index contributed by atoms with van der Waals surface area (Å²) in [7, 11) is -16.5. The number of imidazole rings is 1.